The quantitative estimate of drug-likeness (QED) is 0.725. The van der Waals surface area contributed by atoms with Gasteiger partial charge in [0.2, 0.25) is 5.91 Å². The molecule has 0 bridgehead atoms. The minimum Gasteiger partial charge on any atom is -0.491 e. The highest BCUT2D eigenvalue weighted by Gasteiger charge is 2.21. The van der Waals surface area contributed by atoms with Gasteiger partial charge in [0.15, 0.2) is 0 Å². The lowest BCUT2D eigenvalue weighted by Crippen LogP contribution is -3.14. The summed E-state index contributed by atoms with van der Waals surface area (Å²) in [6, 6.07) is 7.18. The number of ether oxygens (including phenoxy) is 1. The summed E-state index contributed by atoms with van der Waals surface area (Å²) in [4.78, 5) is 12.4. The second-order valence-corrected chi connectivity index (χ2v) is 6.31. The van der Waals surface area contributed by atoms with E-state index in [-0.39, 0.29) is 5.91 Å². The van der Waals surface area contributed by atoms with Gasteiger partial charge in [0.05, 0.1) is 13.1 Å². The summed E-state index contributed by atoms with van der Waals surface area (Å²) in [7, 11) is 0. The van der Waals surface area contributed by atoms with Crippen LogP contribution in [0.1, 0.15) is 26.7 Å². The van der Waals surface area contributed by atoms with E-state index in [0.717, 1.165) is 31.2 Å². The molecule has 122 valence electrons. The van der Waals surface area contributed by atoms with Crippen molar-refractivity contribution in [3.63, 3.8) is 0 Å². The predicted molar refractivity (Wildman–Crippen MR) is 86.2 cm³/mol. The molecule has 0 unspecified atom stereocenters. The number of likely N-dealkylation sites (tertiary alicyclic amines) is 1. The van der Waals surface area contributed by atoms with Crippen LogP contribution in [0.2, 0.25) is 0 Å². The first-order valence-corrected chi connectivity index (χ1v) is 8.05. The summed E-state index contributed by atoms with van der Waals surface area (Å²) in [5, 5.41) is 12.8. The van der Waals surface area contributed by atoms with Crippen LogP contribution >= 0.6 is 0 Å². The van der Waals surface area contributed by atoms with Crippen LogP contribution in [0, 0.1) is 5.92 Å². The van der Waals surface area contributed by atoms with Crippen molar-refractivity contribution >= 4 is 11.6 Å². The van der Waals surface area contributed by atoms with Gasteiger partial charge in [-0.15, -0.1) is 0 Å². The number of hydrogen-bond acceptors (Lipinski definition) is 3. The van der Waals surface area contributed by atoms with Crippen LogP contribution in [-0.4, -0.2) is 43.4 Å². The van der Waals surface area contributed by atoms with Gasteiger partial charge in [0, 0.05) is 12.6 Å². The molecular formula is C17H27N2O3+. The van der Waals surface area contributed by atoms with Crippen molar-refractivity contribution in [2.24, 2.45) is 5.92 Å². The average molecular weight is 307 g/mol. The molecule has 3 N–H and O–H groups in total. The molecule has 1 atom stereocenters. The van der Waals surface area contributed by atoms with E-state index in [2.05, 4.69) is 12.2 Å². The van der Waals surface area contributed by atoms with E-state index in [1.165, 1.54) is 24.7 Å². The number of anilines is 1. The summed E-state index contributed by atoms with van der Waals surface area (Å²) in [5.74, 6) is 1.43. The van der Waals surface area contributed by atoms with Gasteiger partial charge in [0.25, 0.3) is 0 Å². The Kier molecular flexibility index (Phi) is 6.21. The third kappa shape index (κ3) is 5.66. The van der Waals surface area contributed by atoms with E-state index in [9.17, 15) is 9.90 Å². The predicted octanol–water partition coefficient (Wildman–Crippen LogP) is 0.699. The van der Waals surface area contributed by atoms with E-state index in [1.54, 1.807) is 24.3 Å². The fourth-order valence-electron chi connectivity index (χ4n) is 2.80. The number of piperidine rings is 1. The molecule has 5 nitrogen and oxygen atoms in total. The number of aliphatic hydroxyl groups excluding tert-OH is 1. The minimum atomic E-state index is -0.446. The Balaban J connectivity index is 1.71. The van der Waals surface area contributed by atoms with Crippen LogP contribution in [0.15, 0.2) is 24.3 Å². The highest BCUT2D eigenvalue weighted by atomic mass is 16.5. The van der Waals surface area contributed by atoms with Gasteiger partial charge in [0.1, 0.15) is 25.0 Å². The molecule has 1 aromatic rings. The number of carbonyl (C=O) groups is 1. The van der Waals surface area contributed by atoms with Crippen LogP contribution < -0.4 is 15.0 Å². The van der Waals surface area contributed by atoms with Crippen LogP contribution in [0.25, 0.3) is 0 Å². The molecule has 1 aromatic carbocycles. The Labute approximate surface area is 132 Å². The number of amides is 1. The van der Waals surface area contributed by atoms with Gasteiger partial charge in [-0.25, -0.2) is 0 Å². The van der Waals surface area contributed by atoms with E-state index >= 15 is 0 Å². The Hall–Kier alpha value is -1.59. The number of hydrogen-bond donors (Lipinski definition) is 3. The van der Waals surface area contributed by atoms with Crippen molar-refractivity contribution in [2.75, 3.05) is 31.6 Å². The Morgan fingerprint density at radius 3 is 2.59 bits per heavy atom. The van der Waals surface area contributed by atoms with Crippen molar-refractivity contribution in [3.8, 4) is 5.75 Å². The summed E-state index contributed by atoms with van der Waals surface area (Å²) in [6.45, 7) is 7.11. The fourth-order valence-corrected chi connectivity index (χ4v) is 2.80. The van der Waals surface area contributed by atoms with Gasteiger partial charge < -0.3 is 20.1 Å². The molecule has 1 fully saturated rings. The fraction of sp³-hybridized carbons (Fsp3) is 0.588. The Bertz CT molecular complexity index is 467. The summed E-state index contributed by atoms with van der Waals surface area (Å²) in [5.41, 5.74) is 0.743. The molecule has 5 heteroatoms. The normalized spacial score (nSPS) is 22.9. The summed E-state index contributed by atoms with van der Waals surface area (Å²) >= 11 is 0. The van der Waals surface area contributed by atoms with Gasteiger partial charge in [-0.1, -0.05) is 6.92 Å². The number of quaternary nitrogens is 1. The molecule has 1 aliphatic heterocycles. The van der Waals surface area contributed by atoms with Crippen molar-refractivity contribution in [1.29, 1.82) is 0 Å². The molecule has 1 heterocycles. The number of carbonyl (C=O) groups excluding carboxylic acids is 1. The van der Waals surface area contributed by atoms with Gasteiger partial charge in [-0.2, -0.15) is 0 Å². The highest BCUT2D eigenvalue weighted by molar-refractivity contribution is 5.88. The number of rotatable bonds is 6. The van der Waals surface area contributed by atoms with E-state index in [4.69, 9.17) is 4.74 Å². The monoisotopic (exact) mass is 307 g/mol. The number of nitrogens with one attached hydrogen (secondary N) is 2. The maximum Gasteiger partial charge on any atom is 0.221 e. The first-order chi connectivity index (χ1) is 10.5. The minimum absolute atomic E-state index is 0.0945. The first-order valence-electron chi connectivity index (χ1n) is 8.05. The van der Waals surface area contributed by atoms with Crippen LogP contribution in [-0.2, 0) is 4.79 Å². The van der Waals surface area contributed by atoms with Crippen molar-refractivity contribution in [3.05, 3.63) is 24.3 Å². The molecule has 0 spiro atoms. The summed E-state index contributed by atoms with van der Waals surface area (Å²) in [6.07, 6.45) is 2.04. The zero-order valence-electron chi connectivity index (χ0n) is 13.5. The smallest absolute Gasteiger partial charge is 0.221 e. The van der Waals surface area contributed by atoms with Crippen molar-refractivity contribution in [2.45, 2.75) is 32.8 Å². The third-order valence-corrected chi connectivity index (χ3v) is 4.12. The Morgan fingerprint density at radius 1 is 1.36 bits per heavy atom. The Morgan fingerprint density at radius 2 is 2.00 bits per heavy atom. The van der Waals surface area contributed by atoms with Crippen LogP contribution in [0.4, 0.5) is 5.69 Å². The van der Waals surface area contributed by atoms with E-state index < -0.39 is 6.10 Å². The van der Waals surface area contributed by atoms with Gasteiger partial charge in [-0.3, -0.25) is 4.79 Å². The molecule has 0 aliphatic carbocycles. The number of aliphatic hydroxyl groups is 1. The van der Waals surface area contributed by atoms with Gasteiger partial charge >= 0.3 is 0 Å². The second-order valence-electron chi connectivity index (χ2n) is 6.31. The average Bonchev–Trinajstić information content (AvgIpc) is 2.48. The first kappa shape index (κ1) is 16.8. The molecule has 2 rings (SSSR count). The molecule has 0 radical (unpaired) electrons. The SMILES string of the molecule is CC(=O)Nc1ccc(OC[C@@H](O)C[NH+]2CCC(C)CC2)cc1. The molecule has 1 saturated heterocycles. The molecule has 0 aromatic heterocycles. The van der Waals surface area contributed by atoms with Crippen LogP contribution in [0.5, 0.6) is 5.75 Å². The lowest BCUT2D eigenvalue weighted by atomic mass is 9.99. The van der Waals surface area contributed by atoms with Gasteiger partial charge in [-0.05, 0) is 43.0 Å². The number of benzene rings is 1. The maximum atomic E-state index is 10.9. The molecule has 0 saturated carbocycles. The largest absolute Gasteiger partial charge is 0.491 e. The van der Waals surface area contributed by atoms with E-state index in [0.29, 0.717) is 12.4 Å². The summed E-state index contributed by atoms with van der Waals surface area (Å²) < 4.78 is 5.61. The maximum absolute atomic E-state index is 10.9. The second kappa shape index (κ2) is 8.15. The zero-order chi connectivity index (χ0) is 15.9. The standard InChI is InChI=1S/C17H26N2O3/c1-13-7-9-19(10-8-13)11-16(21)12-22-17-5-3-15(4-6-17)18-14(2)20/h3-6,13,16,21H,7-12H2,1-2H3,(H,18,20)/p+1/t16-/m0/s1. The highest BCUT2D eigenvalue weighted by Crippen LogP contribution is 2.15. The third-order valence-electron chi connectivity index (χ3n) is 4.12. The molecule has 22 heavy (non-hydrogen) atoms. The zero-order valence-corrected chi connectivity index (χ0v) is 13.5. The molecule has 1 amide bonds. The topological polar surface area (TPSA) is 63.0 Å². The van der Waals surface area contributed by atoms with Crippen molar-refractivity contribution < 1.29 is 19.5 Å². The van der Waals surface area contributed by atoms with Crippen LogP contribution in [0.3, 0.4) is 0 Å². The molecule has 1 aliphatic rings. The lowest BCUT2D eigenvalue weighted by Gasteiger charge is -2.28. The molecular weight excluding hydrogens is 280 g/mol. The van der Waals surface area contributed by atoms with Crippen molar-refractivity contribution in [1.82, 2.24) is 0 Å². The van der Waals surface area contributed by atoms with E-state index in [1.807, 2.05) is 0 Å². The lowest BCUT2D eigenvalue weighted by molar-refractivity contribution is -0.909.